The second-order valence-corrected chi connectivity index (χ2v) is 11.8. The number of amides is 1. The molecule has 0 aliphatic carbocycles. The van der Waals surface area contributed by atoms with Gasteiger partial charge in [0.1, 0.15) is 11.6 Å². The van der Waals surface area contributed by atoms with E-state index in [0.717, 1.165) is 59.8 Å². The van der Waals surface area contributed by atoms with Gasteiger partial charge in [-0.05, 0) is 81.8 Å². The van der Waals surface area contributed by atoms with Crippen LogP contribution in [0, 0.1) is 6.92 Å². The predicted octanol–water partition coefficient (Wildman–Crippen LogP) is 7.82. The Morgan fingerprint density at radius 3 is 2.67 bits per heavy atom. The molecule has 0 saturated heterocycles. The maximum Gasteiger partial charge on any atom is 0.411 e. The summed E-state index contributed by atoms with van der Waals surface area (Å²) in [5.41, 5.74) is 4.69. The normalized spacial score (nSPS) is 11.0. The maximum atomic E-state index is 12.1. The monoisotopic (exact) mass is 607 g/mol. The molecule has 0 aliphatic heterocycles. The van der Waals surface area contributed by atoms with E-state index in [0.29, 0.717) is 29.7 Å². The van der Waals surface area contributed by atoms with Gasteiger partial charge in [-0.1, -0.05) is 24.6 Å². The summed E-state index contributed by atoms with van der Waals surface area (Å²) in [6.45, 7) is 8.87. The average Bonchev–Trinajstić information content (AvgIpc) is 3.32. The smallest absolute Gasteiger partial charge is 0.411 e. The van der Waals surface area contributed by atoms with Crippen LogP contribution in [-0.2, 0) is 37.0 Å². The number of hydrogen-bond acceptors (Lipinski definition) is 8. The van der Waals surface area contributed by atoms with E-state index in [1.165, 1.54) is 10.4 Å². The van der Waals surface area contributed by atoms with Crippen molar-refractivity contribution in [2.45, 2.75) is 72.4 Å². The fraction of sp³-hybridized carbons (Fsp3) is 0.375. The molecule has 222 valence electrons. The van der Waals surface area contributed by atoms with Crippen LogP contribution < -0.4 is 15.4 Å². The van der Waals surface area contributed by atoms with Crippen LogP contribution in [0.15, 0.2) is 54.9 Å². The van der Waals surface area contributed by atoms with E-state index in [-0.39, 0.29) is 6.10 Å². The van der Waals surface area contributed by atoms with E-state index in [1.807, 2.05) is 36.5 Å². The number of carbonyl (C=O) groups is 1. The quantitative estimate of drug-likeness (QED) is 0.141. The van der Waals surface area contributed by atoms with Gasteiger partial charge in [-0.25, -0.2) is 14.8 Å². The van der Waals surface area contributed by atoms with Gasteiger partial charge in [-0.3, -0.25) is 10.3 Å². The molecule has 1 amide bonds. The first-order valence-electron chi connectivity index (χ1n) is 14.3. The van der Waals surface area contributed by atoms with Crippen molar-refractivity contribution in [3.63, 3.8) is 0 Å². The first-order chi connectivity index (χ1) is 20.3. The molecule has 4 aromatic rings. The Balaban J connectivity index is 1.44. The number of anilines is 2. The van der Waals surface area contributed by atoms with Crippen molar-refractivity contribution in [2.75, 3.05) is 17.2 Å². The molecule has 0 bridgehead atoms. The van der Waals surface area contributed by atoms with Crippen molar-refractivity contribution in [1.82, 2.24) is 15.0 Å². The molecular formula is C32H38ClN5O3S. The number of aryl methyl sites for hydroxylation is 5. The molecule has 8 nitrogen and oxygen atoms in total. The molecule has 42 heavy (non-hydrogen) atoms. The Bertz CT molecular complexity index is 1460. The van der Waals surface area contributed by atoms with E-state index in [9.17, 15) is 4.79 Å². The molecular weight excluding hydrogens is 570 g/mol. The van der Waals surface area contributed by atoms with Crippen LogP contribution in [-0.4, -0.2) is 33.8 Å². The molecule has 0 fully saturated rings. The third-order valence-electron chi connectivity index (χ3n) is 6.33. The molecule has 0 aliphatic rings. The van der Waals surface area contributed by atoms with Gasteiger partial charge in [0.2, 0.25) is 0 Å². The summed E-state index contributed by atoms with van der Waals surface area (Å²) in [5.74, 6) is 1.47. The number of nitrogens with zero attached hydrogens (tertiary/aromatic N) is 3. The Hall–Kier alpha value is -3.69. The number of benzene rings is 1. The van der Waals surface area contributed by atoms with Gasteiger partial charge in [-0.15, -0.1) is 11.3 Å². The highest BCUT2D eigenvalue weighted by Gasteiger charge is 2.11. The summed E-state index contributed by atoms with van der Waals surface area (Å²) in [6.07, 6.45) is 7.27. The zero-order chi connectivity index (χ0) is 29.9. The van der Waals surface area contributed by atoms with Crippen molar-refractivity contribution in [2.24, 2.45) is 0 Å². The Kier molecular flexibility index (Phi) is 11.5. The summed E-state index contributed by atoms with van der Waals surface area (Å²) in [4.78, 5) is 27.2. The van der Waals surface area contributed by atoms with Crippen LogP contribution in [0.2, 0.25) is 5.02 Å². The van der Waals surface area contributed by atoms with Crippen LogP contribution in [0.5, 0.6) is 5.75 Å². The summed E-state index contributed by atoms with van der Waals surface area (Å²) in [6, 6.07) is 13.4. The van der Waals surface area contributed by atoms with Gasteiger partial charge >= 0.3 is 6.09 Å². The summed E-state index contributed by atoms with van der Waals surface area (Å²) in [5, 5.41) is 7.78. The van der Waals surface area contributed by atoms with Crippen molar-refractivity contribution < 1.29 is 14.3 Å². The van der Waals surface area contributed by atoms with Crippen molar-refractivity contribution >= 4 is 40.5 Å². The largest absolute Gasteiger partial charge is 0.493 e. The zero-order valence-electron chi connectivity index (χ0n) is 24.6. The number of carbonyl (C=O) groups excluding carboxylic acids is 1. The van der Waals surface area contributed by atoms with Gasteiger partial charge < -0.3 is 14.8 Å². The van der Waals surface area contributed by atoms with E-state index < -0.39 is 6.09 Å². The predicted molar refractivity (Wildman–Crippen MR) is 170 cm³/mol. The first-order valence-corrected chi connectivity index (χ1v) is 15.5. The fourth-order valence-electron chi connectivity index (χ4n) is 4.41. The maximum absolute atomic E-state index is 12.1. The van der Waals surface area contributed by atoms with E-state index in [4.69, 9.17) is 31.0 Å². The molecule has 2 N–H and O–H groups in total. The fourth-order valence-corrected chi connectivity index (χ4v) is 5.68. The van der Waals surface area contributed by atoms with E-state index in [1.54, 1.807) is 37.4 Å². The second-order valence-electron chi connectivity index (χ2n) is 10.2. The summed E-state index contributed by atoms with van der Waals surface area (Å²) < 4.78 is 11.4. The Morgan fingerprint density at radius 1 is 1.07 bits per heavy atom. The number of thiazole rings is 1. The summed E-state index contributed by atoms with van der Waals surface area (Å²) >= 11 is 8.12. The lowest BCUT2D eigenvalue weighted by Crippen LogP contribution is -2.18. The van der Waals surface area contributed by atoms with Crippen LogP contribution >= 0.6 is 22.9 Å². The van der Waals surface area contributed by atoms with Gasteiger partial charge in [0.15, 0.2) is 0 Å². The minimum absolute atomic E-state index is 0.219. The number of hydrogen-bond donors (Lipinski definition) is 2. The number of rotatable bonds is 14. The van der Waals surface area contributed by atoms with Crippen LogP contribution in [0.4, 0.5) is 16.3 Å². The van der Waals surface area contributed by atoms with Crippen LogP contribution in [0.1, 0.15) is 59.6 Å². The zero-order valence-corrected chi connectivity index (χ0v) is 26.1. The minimum Gasteiger partial charge on any atom is -0.493 e. The second kappa shape index (κ2) is 15.5. The topological polar surface area (TPSA) is 98.3 Å². The van der Waals surface area contributed by atoms with Gasteiger partial charge in [-0.2, -0.15) is 0 Å². The lowest BCUT2D eigenvalue weighted by Gasteiger charge is -2.14. The lowest BCUT2D eigenvalue weighted by molar-refractivity contribution is 0.130. The van der Waals surface area contributed by atoms with E-state index >= 15 is 0 Å². The first kappa shape index (κ1) is 31.3. The van der Waals surface area contributed by atoms with Crippen molar-refractivity contribution in [1.29, 1.82) is 0 Å². The molecule has 0 spiro atoms. The molecule has 10 heteroatoms. The van der Waals surface area contributed by atoms with Gasteiger partial charge in [0.05, 0.1) is 23.4 Å². The number of aromatic nitrogens is 3. The number of ether oxygens (including phenoxy) is 2. The average molecular weight is 608 g/mol. The third-order valence-corrected chi connectivity index (χ3v) is 7.91. The van der Waals surface area contributed by atoms with Crippen LogP contribution in [0.25, 0.3) is 0 Å². The molecule has 1 aromatic carbocycles. The molecule has 3 heterocycles. The van der Waals surface area contributed by atoms with Crippen molar-refractivity contribution in [3.05, 3.63) is 92.3 Å². The molecule has 4 rings (SSSR count). The highest BCUT2D eigenvalue weighted by atomic mass is 35.5. The molecule has 0 atom stereocenters. The number of nitrogens with one attached hydrogen (secondary N) is 2. The summed E-state index contributed by atoms with van der Waals surface area (Å²) in [7, 11) is 0. The SMILES string of the molecule is CCc1sc(CCc2cc(OCCCc3cccnc3)cc(NCc3cc(Cl)cc(NC(=O)OC(C)C)c3)n2)nc1C. The highest BCUT2D eigenvalue weighted by Crippen LogP contribution is 2.24. The van der Waals surface area contributed by atoms with Crippen molar-refractivity contribution in [3.8, 4) is 5.75 Å². The standard InChI is InChI=1S/C32H38ClN5O3S/c1-5-29-22(4)36-31(42-29)11-10-26-17-28(40-13-7-9-23-8-6-12-34-19-23)18-30(37-26)35-20-24-14-25(33)16-27(15-24)38-32(39)41-21(2)3/h6,8,12,14-19,21H,5,7,9-11,13,20H2,1-4H3,(H,35,37)(H,38,39). The highest BCUT2D eigenvalue weighted by molar-refractivity contribution is 7.11. The van der Waals surface area contributed by atoms with Gasteiger partial charge in [0, 0.05) is 58.8 Å². The molecule has 0 unspecified atom stereocenters. The lowest BCUT2D eigenvalue weighted by atomic mass is 10.2. The number of pyridine rings is 2. The van der Waals surface area contributed by atoms with Crippen LogP contribution in [0.3, 0.4) is 0 Å². The molecule has 0 radical (unpaired) electrons. The Morgan fingerprint density at radius 2 is 1.93 bits per heavy atom. The van der Waals surface area contributed by atoms with E-state index in [2.05, 4.69) is 35.5 Å². The molecule has 3 aromatic heterocycles. The number of halogens is 1. The van der Waals surface area contributed by atoms with Gasteiger partial charge in [0.25, 0.3) is 0 Å². The molecule has 0 saturated carbocycles. The third kappa shape index (κ3) is 9.99. The Labute approximate surface area is 256 Å². The minimum atomic E-state index is -0.521.